The fourth-order valence-corrected chi connectivity index (χ4v) is 4.10. The Hall–Kier alpha value is -3.58. The molecule has 1 heterocycles. The van der Waals surface area contributed by atoms with Gasteiger partial charge in [0, 0.05) is 6.54 Å². The molecule has 1 amide bonds. The van der Waals surface area contributed by atoms with E-state index in [0.717, 1.165) is 5.56 Å². The van der Waals surface area contributed by atoms with Gasteiger partial charge in [0.25, 0.3) is 5.56 Å². The highest BCUT2D eigenvalue weighted by atomic mass is 32.2. The third kappa shape index (κ3) is 4.84. The molecule has 7 heteroatoms. The first kappa shape index (κ1) is 21.6. The number of rotatable bonds is 7. The molecule has 0 unspecified atom stereocenters. The minimum absolute atomic E-state index is 0.126. The number of amides is 1. The van der Waals surface area contributed by atoms with E-state index < -0.39 is 0 Å². The summed E-state index contributed by atoms with van der Waals surface area (Å²) in [5, 5.41) is 3.91. The Balaban J connectivity index is 1.58. The summed E-state index contributed by atoms with van der Waals surface area (Å²) in [5.41, 5.74) is 3.30. The second-order valence-electron chi connectivity index (χ2n) is 7.30. The first-order chi connectivity index (χ1) is 15.5. The summed E-state index contributed by atoms with van der Waals surface area (Å²) in [6.07, 6.45) is 0. The Morgan fingerprint density at radius 1 is 1.03 bits per heavy atom. The Labute approximate surface area is 190 Å². The van der Waals surface area contributed by atoms with Crippen molar-refractivity contribution >= 4 is 28.6 Å². The van der Waals surface area contributed by atoms with E-state index in [9.17, 15) is 9.59 Å². The molecule has 162 valence electrons. The van der Waals surface area contributed by atoms with E-state index >= 15 is 0 Å². The predicted octanol–water partition coefficient (Wildman–Crippen LogP) is 4.11. The number of nitrogens with one attached hydrogen (secondary N) is 1. The fourth-order valence-electron chi connectivity index (χ4n) is 3.26. The average molecular weight is 446 g/mol. The van der Waals surface area contributed by atoms with Gasteiger partial charge < -0.3 is 10.1 Å². The first-order valence-corrected chi connectivity index (χ1v) is 11.1. The van der Waals surface area contributed by atoms with Gasteiger partial charge in [-0.1, -0.05) is 53.7 Å². The van der Waals surface area contributed by atoms with Gasteiger partial charge in [0.2, 0.25) is 5.91 Å². The third-order valence-electron chi connectivity index (χ3n) is 5.02. The SMILES string of the molecule is COc1ccc(-n2c(SCC(=O)NCc3ccc(C)cc3)nc3ccccc3c2=O)cc1. The van der Waals surface area contributed by atoms with Gasteiger partial charge in [-0.2, -0.15) is 0 Å². The zero-order valence-corrected chi connectivity index (χ0v) is 18.7. The third-order valence-corrected chi connectivity index (χ3v) is 5.96. The van der Waals surface area contributed by atoms with Gasteiger partial charge in [-0.05, 0) is 48.9 Å². The number of aryl methyl sites for hydroxylation is 1. The molecule has 0 radical (unpaired) electrons. The molecule has 0 spiro atoms. The Morgan fingerprint density at radius 2 is 1.75 bits per heavy atom. The number of aromatic nitrogens is 2. The first-order valence-electron chi connectivity index (χ1n) is 10.2. The number of hydrogen-bond donors (Lipinski definition) is 1. The average Bonchev–Trinajstić information content (AvgIpc) is 2.82. The van der Waals surface area contributed by atoms with Gasteiger partial charge in [0.15, 0.2) is 5.16 Å². The van der Waals surface area contributed by atoms with Gasteiger partial charge in [0.1, 0.15) is 5.75 Å². The van der Waals surface area contributed by atoms with Crippen molar-refractivity contribution in [3.05, 3.63) is 94.3 Å². The molecule has 4 aromatic rings. The summed E-state index contributed by atoms with van der Waals surface area (Å²) in [4.78, 5) is 30.4. The Morgan fingerprint density at radius 3 is 2.47 bits per heavy atom. The molecule has 0 atom stereocenters. The molecular weight excluding hydrogens is 422 g/mol. The van der Waals surface area contributed by atoms with Crippen LogP contribution in [0.5, 0.6) is 5.75 Å². The van der Waals surface area contributed by atoms with Crippen LogP contribution in [-0.4, -0.2) is 28.3 Å². The van der Waals surface area contributed by atoms with Crippen LogP contribution < -0.4 is 15.6 Å². The van der Waals surface area contributed by atoms with Crippen molar-refractivity contribution in [1.29, 1.82) is 0 Å². The van der Waals surface area contributed by atoms with Crippen LogP contribution in [0.1, 0.15) is 11.1 Å². The second-order valence-corrected chi connectivity index (χ2v) is 8.24. The van der Waals surface area contributed by atoms with Crippen LogP contribution in [-0.2, 0) is 11.3 Å². The van der Waals surface area contributed by atoms with Gasteiger partial charge in [-0.3, -0.25) is 14.2 Å². The number of benzene rings is 3. The maximum Gasteiger partial charge on any atom is 0.266 e. The predicted molar refractivity (Wildman–Crippen MR) is 128 cm³/mol. The van der Waals surface area contributed by atoms with Crippen molar-refractivity contribution in [1.82, 2.24) is 14.9 Å². The molecule has 1 aromatic heterocycles. The van der Waals surface area contributed by atoms with E-state index in [1.165, 1.54) is 17.3 Å². The lowest BCUT2D eigenvalue weighted by molar-refractivity contribution is -0.118. The number of nitrogens with zero attached hydrogens (tertiary/aromatic N) is 2. The quantitative estimate of drug-likeness (QED) is 0.342. The molecular formula is C25H23N3O3S. The maximum absolute atomic E-state index is 13.3. The van der Waals surface area contributed by atoms with E-state index in [1.807, 2.05) is 43.3 Å². The van der Waals surface area contributed by atoms with Crippen molar-refractivity contribution in [3.63, 3.8) is 0 Å². The number of hydrogen-bond acceptors (Lipinski definition) is 5. The molecule has 0 saturated heterocycles. The molecule has 0 aliphatic carbocycles. The lowest BCUT2D eigenvalue weighted by Crippen LogP contribution is -2.26. The number of carbonyl (C=O) groups excluding carboxylic acids is 1. The fraction of sp³-hybridized carbons (Fsp3) is 0.160. The lowest BCUT2D eigenvalue weighted by atomic mass is 10.1. The van der Waals surface area contributed by atoms with Crippen LogP contribution in [0.4, 0.5) is 0 Å². The normalized spacial score (nSPS) is 10.8. The van der Waals surface area contributed by atoms with Crippen LogP contribution in [0.25, 0.3) is 16.6 Å². The zero-order chi connectivity index (χ0) is 22.5. The minimum atomic E-state index is -0.177. The maximum atomic E-state index is 13.3. The van der Waals surface area contributed by atoms with Crippen LogP contribution >= 0.6 is 11.8 Å². The summed E-state index contributed by atoms with van der Waals surface area (Å²) >= 11 is 1.24. The Bertz CT molecular complexity index is 1300. The highest BCUT2D eigenvalue weighted by molar-refractivity contribution is 7.99. The number of methoxy groups -OCH3 is 1. The number of carbonyl (C=O) groups is 1. The van der Waals surface area contributed by atoms with Gasteiger partial charge in [-0.15, -0.1) is 0 Å². The number of fused-ring (bicyclic) bond motifs is 1. The van der Waals surface area contributed by atoms with Crippen molar-refractivity contribution in [2.24, 2.45) is 0 Å². The molecule has 6 nitrogen and oxygen atoms in total. The molecule has 3 aromatic carbocycles. The van der Waals surface area contributed by atoms with Gasteiger partial charge in [0.05, 0.1) is 29.5 Å². The molecule has 1 N–H and O–H groups in total. The molecule has 4 rings (SSSR count). The van der Waals surface area contributed by atoms with Crippen molar-refractivity contribution in [3.8, 4) is 11.4 Å². The summed E-state index contributed by atoms with van der Waals surface area (Å²) in [5.74, 6) is 0.715. The van der Waals surface area contributed by atoms with Crippen molar-refractivity contribution in [2.45, 2.75) is 18.6 Å². The highest BCUT2D eigenvalue weighted by Gasteiger charge is 2.15. The molecule has 0 bridgehead atoms. The summed E-state index contributed by atoms with van der Waals surface area (Å²) in [6, 6.07) is 22.4. The van der Waals surface area contributed by atoms with Crippen LogP contribution in [0.2, 0.25) is 0 Å². The Kier molecular flexibility index (Phi) is 6.56. The number of para-hydroxylation sites is 1. The smallest absolute Gasteiger partial charge is 0.266 e. The van der Waals surface area contributed by atoms with E-state index in [0.29, 0.717) is 34.0 Å². The molecule has 0 saturated carbocycles. The molecule has 0 aliphatic heterocycles. The largest absolute Gasteiger partial charge is 0.497 e. The highest BCUT2D eigenvalue weighted by Crippen LogP contribution is 2.22. The van der Waals surface area contributed by atoms with Crippen LogP contribution in [0.3, 0.4) is 0 Å². The monoisotopic (exact) mass is 445 g/mol. The molecule has 32 heavy (non-hydrogen) atoms. The summed E-state index contributed by atoms with van der Waals surface area (Å²) in [7, 11) is 1.59. The van der Waals surface area contributed by atoms with E-state index in [2.05, 4.69) is 10.3 Å². The van der Waals surface area contributed by atoms with E-state index in [-0.39, 0.29) is 17.2 Å². The number of ether oxygens (including phenoxy) is 1. The van der Waals surface area contributed by atoms with E-state index in [1.54, 1.807) is 48.1 Å². The second kappa shape index (κ2) is 9.70. The topological polar surface area (TPSA) is 73.2 Å². The van der Waals surface area contributed by atoms with Gasteiger partial charge in [-0.25, -0.2) is 4.98 Å². The van der Waals surface area contributed by atoms with Crippen molar-refractivity contribution < 1.29 is 9.53 Å². The molecule has 0 fully saturated rings. The lowest BCUT2D eigenvalue weighted by Gasteiger charge is -2.13. The van der Waals surface area contributed by atoms with Crippen LogP contribution in [0, 0.1) is 6.92 Å². The van der Waals surface area contributed by atoms with Crippen LogP contribution in [0.15, 0.2) is 82.7 Å². The van der Waals surface area contributed by atoms with E-state index in [4.69, 9.17) is 4.74 Å². The number of thioether (sulfide) groups is 1. The summed E-state index contributed by atoms with van der Waals surface area (Å²) in [6.45, 7) is 2.48. The standard InChI is InChI=1S/C25H23N3O3S/c1-17-7-9-18(10-8-17)15-26-23(29)16-32-25-27-22-6-4-3-5-21(22)24(30)28(25)19-11-13-20(31-2)14-12-19/h3-14H,15-16H2,1-2H3,(H,26,29). The molecule has 0 aliphatic rings. The van der Waals surface area contributed by atoms with Crippen molar-refractivity contribution in [2.75, 3.05) is 12.9 Å². The zero-order valence-electron chi connectivity index (χ0n) is 17.9. The van der Waals surface area contributed by atoms with Gasteiger partial charge >= 0.3 is 0 Å². The minimum Gasteiger partial charge on any atom is -0.497 e. The summed E-state index contributed by atoms with van der Waals surface area (Å²) < 4.78 is 6.76.